The number of non-ortho nitro benzene ring substituents is 1. The topological polar surface area (TPSA) is 86.3 Å². The van der Waals surface area contributed by atoms with Crippen LogP contribution in [0.25, 0.3) is 0 Å². The second-order valence-electron chi connectivity index (χ2n) is 7.50. The van der Waals surface area contributed by atoms with E-state index in [0.29, 0.717) is 19.0 Å². The van der Waals surface area contributed by atoms with Crippen LogP contribution in [0, 0.1) is 10.1 Å². The lowest BCUT2D eigenvalue weighted by Gasteiger charge is -2.32. The van der Waals surface area contributed by atoms with Crippen molar-refractivity contribution in [2.45, 2.75) is 43.7 Å². The molecule has 1 aromatic rings. The maximum atomic E-state index is 11.2. The van der Waals surface area contributed by atoms with E-state index in [1.807, 2.05) is 6.08 Å². The summed E-state index contributed by atoms with van der Waals surface area (Å²) < 4.78 is 11.6. The van der Waals surface area contributed by atoms with Crippen LogP contribution < -0.4 is 9.64 Å². The average Bonchev–Trinajstić information content (AvgIpc) is 2.99. The number of hydrogen-bond acceptors (Lipinski definition) is 5. The molecule has 1 saturated carbocycles. The van der Waals surface area contributed by atoms with Gasteiger partial charge in [-0.1, -0.05) is 19.3 Å². The number of rotatable bonds is 3. The molecule has 0 unspecified atom stereocenters. The summed E-state index contributed by atoms with van der Waals surface area (Å²) in [5.41, 5.74) is 0.0651. The molecule has 2 aliphatic heterocycles. The fourth-order valence-electron chi connectivity index (χ4n) is 4.34. The van der Waals surface area contributed by atoms with Crippen molar-refractivity contribution < 1.29 is 24.4 Å². The lowest BCUT2D eigenvalue weighted by molar-refractivity contribution is -0.933. The predicted molar refractivity (Wildman–Crippen MR) is 94.1 cm³/mol. The number of nitrogens with one attached hydrogen (secondary N) is 1. The van der Waals surface area contributed by atoms with E-state index in [-0.39, 0.29) is 16.7 Å². The van der Waals surface area contributed by atoms with E-state index in [1.165, 1.54) is 11.0 Å². The molecule has 26 heavy (non-hydrogen) atoms. The molecule has 0 bridgehead atoms. The number of nitro benzene ring substituents is 1. The number of hydrogen-bond donors (Lipinski definition) is 2. The van der Waals surface area contributed by atoms with Gasteiger partial charge in [0.2, 0.25) is 0 Å². The van der Waals surface area contributed by atoms with E-state index in [1.54, 1.807) is 12.1 Å². The summed E-state index contributed by atoms with van der Waals surface area (Å²) in [5.74, 6) is 1.38. The van der Waals surface area contributed by atoms with E-state index >= 15 is 0 Å². The first-order valence-corrected chi connectivity index (χ1v) is 9.39. The maximum absolute atomic E-state index is 11.2. The maximum Gasteiger partial charge on any atom is 0.270 e. The van der Waals surface area contributed by atoms with Crippen LogP contribution in [0.15, 0.2) is 30.0 Å². The van der Waals surface area contributed by atoms with Crippen molar-refractivity contribution in [3.8, 4) is 5.75 Å². The Hall–Kier alpha value is -1.96. The van der Waals surface area contributed by atoms with Gasteiger partial charge in [0.05, 0.1) is 29.3 Å². The number of aliphatic hydroxyl groups is 1. The SMILES string of the molecule is O=[N+]([O-])c1ccc2c(c1)[C@H]([NH+]1CCOCC1)/C(=C/C1(O)CCCCC1)O2. The summed E-state index contributed by atoms with van der Waals surface area (Å²) in [6.07, 6.45) is 6.52. The van der Waals surface area contributed by atoms with E-state index in [9.17, 15) is 15.2 Å². The first-order chi connectivity index (χ1) is 12.6. The average molecular weight is 361 g/mol. The highest BCUT2D eigenvalue weighted by Gasteiger charge is 2.42. The third kappa shape index (κ3) is 3.34. The Morgan fingerprint density at radius 2 is 1.96 bits per heavy atom. The van der Waals surface area contributed by atoms with Gasteiger partial charge >= 0.3 is 0 Å². The van der Waals surface area contributed by atoms with Crippen molar-refractivity contribution in [3.05, 3.63) is 45.7 Å². The van der Waals surface area contributed by atoms with Gasteiger partial charge in [-0.3, -0.25) is 10.1 Å². The standard InChI is InChI=1S/C19H24N2O5/c22-19(6-2-1-3-7-19)13-17-18(20-8-10-25-11-9-20)15-12-14(21(23)24)4-5-16(15)26-17/h4-5,12-13,18,22H,1-3,6-11H2/p+1/b17-13-/t18-/m0/s1. The van der Waals surface area contributed by atoms with Gasteiger partial charge in [0.15, 0.2) is 11.8 Å². The van der Waals surface area contributed by atoms with Crippen molar-refractivity contribution in [1.82, 2.24) is 0 Å². The highest BCUT2D eigenvalue weighted by molar-refractivity contribution is 5.51. The van der Waals surface area contributed by atoms with Gasteiger partial charge in [-0.15, -0.1) is 0 Å². The highest BCUT2D eigenvalue weighted by Crippen LogP contribution is 2.41. The van der Waals surface area contributed by atoms with E-state index in [2.05, 4.69) is 0 Å². The Labute approximate surface area is 152 Å². The van der Waals surface area contributed by atoms with Gasteiger partial charge in [0.1, 0.15) is 18.8 Å². The molecule has 0 amide bonds. The molecule has 0 radical (unpaired) electrons. The van der Waals surface area contributed by atoms with Gasteiger partial charge in [-0.2, -0.15) is 0 Å². The molecule has 2 N–H and O–H groups in total. The molecule has 140 valence electrons. The number of benzene rings is 1. The van der Waals surface area contributed by atoms with E-state index < -0.39 is 5.60 Å². The lowest BCUT2D eigenvalue weighted by Crippen LogP contribution is -3.14. The zero-order valence-corrected chi connectivity index (χ0v) is 14.8. The first kappa shape index (κ1) is 17.5. The molecular formula is C19H25N2O5+. The Morgan fingerprint density at radius 1 is 1.23 bits per heavy atom. The minimum absolute atomic E-state index is 0.0719. The molecule has 2 heterocycles. The zero-order chi connectivity index (χ0) is 18.1. The summed E-state index contributed by atoms with van der Waals surface area (Å²) in [7, 11) is 0. The second-order valence-corrected chi connectivity index (χ2v) is 7.50. The molecule has 1 atom stereocenters. The van der Waals surface area contributed by atoms with Crippen molar-refractivity contribution in [3.63, 3.8) is 0 Å². The van der Waals surface area contributed by atoms with Crippen LogP contribution >= 0.6 is 0 Å². The number of nitrogens with zero attached hydrogens (tertiary/aromatic N) is 1. The number of fused-ring (bicyclic) bond motifs is 1. The fraction of sp³-hybridized carbons (Fsp3) is 0.579. The second kappa shape index (κ2) is 6.98. The van der Waals surface area contributed by atoms with Gasteiger partial charge in [-0.05, 0) is 25.0 Å². The quantitative estimate of drug-likeness (QED) is 0.630. The van der Waals surface area contributed by atoms with E-state index in [4.69, 9.17) is 9.47 Å². The van der Waals surface area contributed by atoms with Gasteiger partial charge in [0.25, 0.3) is 5.69 Å². The summed E-state index contributed by atoms with van der Waals surface area (Å²) in [6.45, 7) is 2.94. The summed E-state index contributed by atoms with van der Waals surface area (Å²) in [6, 6.07) is 4.64. The molecular weight excluding hydrogens is 336 g/mol. The highest BCUT2D eigenvalue weighted by atomic mass is 16.6. The molecule has 1 aliphatic carbocycles. The molecule has 3 aliphatic rings. The molecule has 2 fully saturated rings. The van der Waals surface area contributed by atoms with Gasteiger partial charge in [0, 0.05) is 12.1 Å². The molecule has 7 nitrogen and oxygen atoms in total. The summed E-state index contributed by atoms with van der Waals surface area (Å²) >= 11 is 0. The van der Waals surface area contributed by atoms with Gasteiger partial charge < -0.3 is 19.5 Å². The third-order valence-electron chi connectivity index (χ3n) is 5.70. The first-order valence-electron chi connectivity index (χ1n) is 9.39. The number of quaternary nitrogens is 1. The molecule has 1 saturated heterocycles. The predicted octanol–water partition coefficient (Wildman–Crippen LogP) is 1.52. The summed E-state index contributed by atoms with van der Waals surface area (Å²) in [4.78, 5) is 12.1. The zero-order valence-electron chi connectivity index (χ0n) is 14.8. The Morgan fingerprint density at radius 3 is 2.65 bits per heavy atom. The smallest absolute Gasteiger partial charge is 0.270 e. The van der Waals surface area contributed by atoms with Crippen LogP contribution in [0.1, 0.15) is 43.7 Å². The Kier molecular flexibility index (Phi) is 4.69. The van der Waals surface area contributed by atoms with Crippen LogP contribution in [0.5, 0.6) is 5.75 Å². The minimum atomic E-state index is -0.842. The van der Waals surface area contributed by atoms with Crippen LogP contribution in [-0.4, -0.2) is 41.9 Å². The van der Waals surface area contributed by atoms with Crippen LogP contribution in [0.2, 0.25) is 0 Å². The Bertz CT molecular complexity index is 721. The van der Waals surface area contributed by atoms with Crippen molar-refractivity contribution in [1.29, 1.82) is 0 Å². The fourth-order valence-corrected chi connectivity index (χ4v) is 4.34. The molecule has 1 aromatic carbocycles. The normalized spacial score (nSPS) is 27.1. The lowest BCUT2D eigenvalue weighted by atomic mass is 9.84. The van der Waals surface area contributed by atoms with Crippen molar-refractivity contribution in [2.24, 2.45) is 0 Å². The minimum Gasteiger partial charge on any atom is -0.455 e. The van der Waals surface area contributed by atoms with Crippen molar-refractivity contribution in [2.75, 3.05) is 26.3 Å². The van der Waals surface area contributed by atoms with Gasteiger partial charge in [-0.25, -0.2) is 0 Å². The number of morpholine rings is 1. The molecule has 0 spiro atoms. The molecule has 7 heteroatoms. The largest absolute Gasteiger partial charge is 0.455 e. The van der Waals surface area contributed by atoms with E-state index in [0.717, 1.165) is 56.5 Å². The molecule has 4 rings (SSSR count). The van der Waals surface area contributed by atoms with Crippen LogP contribution in [0.4, 0.5) is 5.69 Å². The molecule has 0 aromatic heterocycles. The Balaban J connectivity index is 1.72. The van der Waals surface area contributed by atoms with Crippen LogP contribution in [-0.2, 0) is 4.74 Å². The summed E-state index contributed by atoms with van der Waals surface area (Å²) in [5, 5.41) is 22.2. The number of ether oxygens (including phenoxy) is 2. The van der Waals surface area contributed by atoms with Crippen LogP contribution in [0.3, 0.4) is 0 Å². The monoisotopic (exact) mass is 361 g/mol. The van der Waals surface area contributed by atoms with Crippen molar-refractivity contribution >= 4 is 5.69 Å². The third-order valence-corrected chi connectivity index (χ3v) is 5.70. The number of nitro groups is 1.